The summed E-state index contributed by atoms with van der Waals surface area (Å²) in [6.07, 6.45) is 0.872. The standard InChI is InChI=1S/C17H18O2/c1-12-7-13(2)9-15(8-12)11-17(19)10-14-3-5-16(18)6-4-14/h3-9,18H,10-11H2,1-2H3. The molecule has 0 aliphatic carbocycles. The highest BCUT2D eigenvalue weighted by molar-refractivity contribution is 5.83. The number of phenolic OH excluding ortho intramolecular Hbond substituents is 1. The van der Waals surface area contributed by atoms with Crippen LogP contribution in [0.5, 0.6) is 5.75 Å². The lowest BCUT2D eigenvalue weighted by molar-refractivity contribution is -0.117. The van der Waals surface area contributed by atoms with Crippen molar-refractivity contribution in [2.45, 2.75) is 26.7 Å². The van der Waals surface area contributed by atoms with Crippen molar-refractivity contribution >= 4 is 5.78 Å². The molecular formula is C17H18O2. The van der Waals surface area contributed by atoms with Gasteiger partial charge in [-0.25, -0.2) is 0 Å². The van der Waals surface area contributed by atoms with Crippen LogP contribution < -0.4 is 0 Å². The van der Waals surface area contributed by atoms with E-state index in [-0.39, 0.29) is 11.5 Å². The molecule has 0 fully saturated rings. The maximum Gasteiger partial charge on any atom is 0.141 e. The highest BCUT2D eigenvalue weighted by atomic mass is 16.3. The molecule has 1 N–H and O–H groups in total. The Labute approximate surface area is 113 Å². The van der Waals surface area contributed by atoms with Gasteiger partial charge >= 0.3 is 0 Å². The van der Waals surface area contributed by atoms with Gasteiger partial charge in [0, 0.05) is 12.8 Å². The van der Waals surface area contributed by atoms with Crippen LogP contribution in [0, 0.1) is 13.8 Å². The van der Waals surface area contributed by atoms with Crippen LogP contribution in [-0.2, 0) is 17.6 Å². The van der Waals surface area contributed by atoms with E-state index in [1.54, 1.807) is 24.3 Å². The van der Waals surface area contributed by atoms with Crippen LogP contribution in [0.4, 0.5) is 0 Å². The van der Waals surface area contributed by atoms with Crippen molar-refractivity contribution in [1.82, 2.24) is 0 Å². The topological polar surface area (TPSA) is 37.3 Å². The molecule has 0 aromatic heterocycles. The summed E-state index contributed by atoms with van der Waals surface area (Å²) in [6.45, 7) is 4.09. The number of ketones is 1. The van der Waals surface area contributed by atoms with E-state index < -0.39 is 0 Å². The second-order valence-electron chi connectivity index (χ2n) is 5.05. The molecule has 0 bridgehead atoms. The number of hydrogen-bond donors (Lipinski definition) is 1. The largest absolute Gasteiger partial charge is 0.508 e. The first-order chi connectivity index (χ1) is 9.02. The van der Waals surface area contributed by atoms with Crippen LogP contribution in [0.3, 0.4) is 0 Å². The summed E-state index contributed by atoms with van der Waals surface area (Å²) < 4.78 is 0. The van der Waals surface area contributed by atoms with Crippen molar-refractivity contribution in [2.75, 3.05) is 0 Å². The fraction of sp³-hybridized carbons (Fsp3) is 0.235. The molecule has 0 saturated carbocycles. The van der Waals surface area contributed by atoms with Crippen molar-refractivity contribution in [2.24, 2.45) is 0 Å². The van der Waals surface area contributed by atoms with Crippen LogP contribution in [0.25, 0.3) is 0 Å². The summed E-state index contributed by atoms with van der Waals surface area (Å²) in [5, 5.41) is 9.20. The Morgan fingerprint density at radius 3 is 2.00 bits per heavy atom. The number of hydrogen-bond acceptors (Lipinski definition) is 2. The van der Waals surface area contributed by atoms with Gasteiger partial charge in [0.1, 0.15) is 11.5 Å². The first-order valence-electron chi connectivity index (χ1n) is 6.40. The summed E-state index contributed by atoms with van der Waals surface area (Å²) in [5.74, 6) is 0.418. The van der Waals surface area contributed by atoms with Crippen LogP contribution in [0.1, 0.15) is 22.3 Å². The van der Waals surface area contributed by atoms with Gasteiger partial charge < -0.3 is 5.11 Å². The number of carbonyl (C=O) groups excluding carboxylic acids is 1. The lowest BCUT2D eigenvalue weighted by atomic mass is 10.00. The molecule has 0 amide bonds. The van der Waals surface area contributed by atoms with Crippen molar-refractivity contribution in [1.29, 1.82) is 0 Å². The summed E-state index contributed by atoms with van der Waals surface area (Å²) >= 11 is 0. The summed E-state index contributed by atoms with van der Waals surface area (Å²) in [4.78, 5) is 12.0. The van der Waals surface area contributed by atoms with Crippen LogP contribution >= 0.6 is 0 Å². The molecule has 2 heteroatoms. The number of rotatable bonds is 4. The van der Waals surface area contributed by atoms with E-state index in [0.29, 0.717) is 12.8 Å². The molecule has 2 rings (SSSR count). The zero-order valence-electron chi connectivity index (χ0n) is 11.3. The SMILES string of the molecule is Cc1cc(C)cc(CC(=O)Cc2ccc(O)cc2)c1. The Balaban J connectivity index is 2.03. The van der Waals surface area contributed by atoms with Gasteiger partial charge in [0.05, 0.1) is 0 Å². The maximum atomic E-state index is 12.0. The zero-order chi connectivity index (χ0) is 13.8. The fourth-order valence-electron chi connectivity index (χ4n) is 2.30. The third-order valence-electron chi connectivity index (χ3n) is 3.02. The first-order valence-corrected chi connectivity index (χ1v) is 6.40. The molecule has 0 aliphatic rings. The van der Waals surface area contributed by atoms with Crippen LogP contribution in [-0.4, -0.2) is 10.9 Å². The van der Waals surface area contributed by atoms with Gasteiger partial charge in [-0.1, -0.05) is 41.5 Å². The second kappa shape index (κ2) is 5.70. The van der Waals surface area contributed by atoms with Gasteiger partial charge in [-0.2, -0.15) is 0 Å². The van der Waals surface area contributed by atoms with Crippen LogP contribution in [0.15, 0.2) is 42.5 Å². The highest BCUT2D eigenvalue weighted by Crippen LogP contribution is 2.13. The van der Waals surface area contributed by atoms with Gasteiger partial charge in [0.15, 0.2) is 0 Å². The third kappa shape index (κ3) is 3.95. The number of benzene rings is 2. The fourth-order valence-corrected chi connectivity index (χ4v) is 2.30. The predicted octanol–water partition coefficient (Wildman–Crippen LogP) is 3.36. The summed E-state index contributed by atoms with van der Waals surface area (Å²) in [6, 6.07) is 13.0. The quantitative estimate of drug-likeness (QED) is 0.908. The molecule has 19 heavy (non-hydrogen) atoms. The van der Waals surface area contributed by atoms with E-state index in [9.17, 15) is 9.90 Å². The minimum absolute atomic E-state index is 0.190. The smallest absolute Gasteiger partial charge is 0.141 e. The number of aromatic hydroxyl groups is 1. The van der Waals surface area contributed by atoms with E-state index in [2.05, 4.69) is 18.2 Å². The summed E-state index contributed by atoms with van der Waals surface area (Å²) in [7, 11) is 0. The van der Waals surface area contributed by atoms with Crippen molar-refractivity contribution in [3.8, 4) is 5.75 Å². The van der Waals surface area contributed by atoms with Gasteiger partial charge in [0.25, 0.3) is 0 Å². The molecule has 2 nitrogen and oxygen atoms in total. The van der Waals surface area contributed by atoms with Crippen LogP contribution in [0.2, 0.25) is 0 Å². The average Bonchev–Trinajstić information content (AvgIpc) is 2.30. The van der Waals surface area contributed by atoms with E-state index in [1.807, 2.05) is 13.8 Å². The van der Waals surface area contributed by atoms with Crippen molar-refractivity contribution in [3.63, 3.8) is 0 Å². The monoisotopic (exact) mass is 254 g/mol. The number of aryl methyl sites for hydroxylation is 2. The molecule has 0 spiro atoms. The third-order valence-corrected chi connectivity index (χ3v) is 3.02. The maximum absolute atomic E-state index is 12.0. The van der Waals surface area contributed by atoms with Crippen molar-refractivity contribution < 1.29 is 9.90 Å². The Hall–Kier alpha value is -2.09. The predicted molar refractivity (Wildman–Crippen MR) is 76.4 cm³/mol. The minimum Gasteiger partial charge on any atom is -0.508 e. The van der Waals surface area contributed by atoms with Gasteiger partial charge in [0.2, 0.25) is 0 Å². The zero-order valence-corrected chi connectivity index (χ0v) is 11.3. The molecule has 98 valence electrons. The Bertz CT molecular complexity index is 562. The van der Waals surface area contributed by atoms with E-state index in [1.165, 1.54) is 11.1 Å². The summed E-state index contributed by atoms with van der Waals surface area (Å²) in [5.41, 5.74) is 4.38. The molecule has 0 unspecified atom stereocenters. The molecule has 0 atom stereocenters. The van der Waals surface area contributed by atoms with E-state index in [4.69, 9.17) is 0 Å². The molecular weight excluding hydrogens is 236 g/mol. The Morgan fingerprint density at radius 2 is 1.42 bits per heavy atom. The highest BCUT2D eigenvalue weighted by Gasteiger charge is 2.06. The Morgan fingerprint density at radius 1 is 0.895 bits per heavy atom. The normalized spacial score (nSPS) is 10.4. The van der Waals surface area contributed by atoms with Gasteiger partial charge in [-0.05, 0) is 37.1 Å². The lowest BCUT2D eigenvalue weighted by Crippen LogP contribution is -2.06. The average molecular weight is 254 g/mol. The second-order valence-corrected chi connectivity index (χ2v) is 5.05. The number of carbonyl (C=O) groups is 1. The molecule has 0 heterocycles. The molecule has 0 aliphatic heterocycles. The van der Waals surface area contributed by atoms with Gasteiger partial charge in [-0.15, -0.1) is 0 Å². The molecule has 2 aromatic carbocycles. The number of phenols is 1. The molecule has 0 saturated heterocycles. The minimum atomic E-state index is 0.190. The van der Waals surface area contributed by atoms with E-state index in [0.717, 1.165) is 11.1 Å². The molecule has 0 radical (unpaired) electrons. The lowest BCUT2D eigenvalue weighted by Gasteiger charge is -2.05. The first kappa shape index (κ1) is 13.3. The van der Waals surface area contributed by atoms with E-state index >= 15 is 0 Å². The molecule has 2 aromatic rings. The van der Waals surface area contributed by atoms with Crippen molar-refractivity contribution in [3.05, 3.63) is 64.7 Å². The Kier molecular flexibility index (Phi) is 4.00. The van der Waals surface area contributed by atoms with Gasteiger partial charge in [-0.3, -0.25) is 4.79 Å². The number of Topliss-reactive ketones (excluding diaryl/α,β-unsaturated/α-hetero) is 1.